The summed E-state index contributed by atoms with van der Waals surface area (Å²) in [5.41, 5.74) is 4.76. The Labute approximate surface area is 204 Å². The molecule has 0 saturated carbocycles. The zero-order valence-electron chi connectivity index (χ0n) is 18.4. The van der Waals surface area contributed by atoms with Crippen LogP contribution in [0.25, 0.3) is 11.1 Å². The first-order valence-corrected chi connectivity index (χ1v) is 10.3. The van der Waals surface area contributed by atoms with E-state index < -0.39 is 0 Å². The molecule has 0 bridgehead atoms. The van der Waals surface area contributed by atoms with Crippen LogP contribution in [0.5, 0.6) is 0 Å². The summed E-state index contributed by atoms with van der Waals surface area (Å²) in [5.74, 6) is 2.69. The standard InChI is InChI=1S/2C11H11O.C3H6.2ClH.Ti/c2*1-8-6-9(2)10(7-8)11-4-3-5-12-11;1-3-2;;;/h2*3-6,8H,1-2H3;1-2H3;2*1H;/q2*-1;;;;+2. The number of rotatable bonds is 2. The molecule has 160 valence electrons. The second-order valence-electron chi connectivity index (χ2n) is 7.27. The number of allylic oxidation sites excluding steroid dienone is 8. The Kier molecular flexibility index (Phi) is 13.3. The molecule has 2 atom stereocenters. The van der Waals surface area contributed by atoms with Crippen LogP contribution >= 0.6 is 24.8 Å². The van der Waals surface area contributed by atoms with Crippen LogP contribution < -0.4 is 0 Å². The van der Waals surface area contributed by atoms with Gasteiger partial charge in [-0.1, -0.05) is 51.7 Å². The van der Waals surface area contributed by atoms with Crippen molar-refractivity contribution in [2.24, 2.45) is 11.8 Å². The summed E-state index contributed by atoms with van der Waals surface area (Å²) in [5, 5.41) is 0. The average Bonchev–Trinajstić information content (AvgIpc) is 3.36. The molecule has 2 heterocycles. The second-order valence-corrected chi connectivity index (χ2v) is 8.83. The van der Waals surface area contributed by atoms with E-state index in [4.69, 9.17) is 8.83 Å². The van der Waals surface area contributed by atoms with Crippen LogP contribution in [0.1, 0.15) is 53.1 Å². The minimum atomic E-state index is 0. The number of hydrogen-bond donors (Lipinski definition) is 0. The largest absolute Gasteiger partial charge is 0.147 e. The average molecular weight is 481 g/mol. The van der Waals surface area contributed by atoms with Gasteiger partial charge in [0.15, 0.2) is 0 Å². The summed E-state index contributed by atoms with van der Waals surface area (Å²) in [4.78, 5) is 0. The maximum absolute atomic E-state index is 5.30. The number of halogens is 2. The Morgan fingerprint density at radius 3 is 1.33 bits per heavy atom. The van der Waals surface area contributed by atoms with Gasteiger partial charge >= 0.3 is 37.6 Å². The summed E-state index contributed by atoms with van der Waals surface area (Å²) >= 11 is 2.08. The van der Waals surface area contributed by atoms with E-state index in [-0.39, 0.29) is 24.8 Å². The predicted octanol–water partition coefficient (Wildman–Crippen LogP) is 7.71. The van der Waals surface area contributed by atoms with Crippen molar-refractivity contribution in [2.75, 3.05) is 0 Å². The van der Waals surface area contributed by atoms with Crippen LogP contribution in [-0.4, -0.2) is 3.81 Å². The molecule has 0 aromatic carbocycles. The molecule has 0 radical (unpaired) electrons. The molecule has 2 nitrogen and oxygen atoms in total. The van der Waals surface area contributed by atoms with Gasteiger partial charge in [0.1, 0.15) is 0 Å². The van der Waals surface area contributed by atoms with Gasteiger partial charge in [-0.15, -0.1) is 37.0 Å². The van der Waals surface area contributed by atoms with Crippen molar-refractivity contribution in [3.63, 3.8) is 0 Å². The van der Waals surface area contributed by atoms with Gasteiger partial charge in [0, 0.05) is 11.5 Å². The molecule has 0 amide bonds. The van der Waals surface area contributed by atoms with Crippen LogP contribution in [0.4, 0.5) is 0 Å². The maximum atomic E-state index is 5.30. The van der Waals surface area contributed by atoms with Crippen LogP contribution in [0.2, 0.25) is 0 Å². The van der Waals surface area contributed by atoms with Crippen LogP contribution in [0.3, 0.4) is 0 Å². The molecular weight excluding hydrogens is 451 g/mol. The normalized spacial score (nSPS) is 18.8. The summed E-state index contributed by atoms with van der Waals surface area (Å²) < 4.78 is 12.0. The van der Waals surface area contributed by atoms with E-state index in [0.29, 0.717) is 11.8 Å². The van der Waals surface area contributed by atoms with E-state index in [9.17, 15) is 0 Å². The molecular formula is C25H30Cl2O2Ti. The Morgan fingerprint density at radius 1 is 0.800 bits per heavy atom. The molecule has 2 aromatic heterocycles. The minimum absolute atomic E-state index is 0. The van der Waals surface area contributed by atoms with Crippen molar-refractivity contribution in [1.82, 2.24) is 0 Å². The molecule has 2 aliphatic rings. The van der Waals surface area contributed by atoms with Gasteiger partial charge in [-0.05, 0) is 12.1 Å². The second kappa shape index (κ2) is 13.9. The zero-order valence-corrected chi connectivity index (χ0v) is 21.6. The Morgan fingerprint density at radius 2 is 1.13 bits per heavy atom. The van der Waals surface area contributed by atoms with Crippen molar-refractivity contribution in [3.05, 3.63) is 83.8 Å². The number of hydrogen-bond acceptors (Lipinski definition) is 2. The summed E-state index contributed by atoms with van der Waals surface area (Å²) in [6, 6.07) is 7.75. The van der Waals surface area contributed by atoms with Gasteiger partial charge in [0.05, 0.1) is 12.5 Å². The van der Waals surface area contributed by atoms with Crippen molar-refractivity contribution >= 4 is 39.8 Å². The van der Waals surface area contributed by atoms with Crippen molar-refractivity contribution in [2.45, 2.75) is 41.5 Å². The van der Waals surface area contributed by atoms with E-state index in [1.54, 1.807) is 12.5 Å². The Bertz CT molecular complexity index is 827. The van der Waals surface area contributed by atoms with Gasteiger partial charge in [-0.2, -0.15) is 34.4 Å². The first kappa shape index (κ1) is 28.7. The molecule has 30 heavy (non-hydrogen) atoms. The molecule has 0 aliphatic heterocycles. The zero-order chi connectivity index (χ0) is 20.7. The van der Waals surface area contributed by atoms with E-state index in [1.165, 1.54) is 15.0 Å². The first-order chi connectivity index (χ1) is 13.3. The van der Waals surface area contributed by atoms with Crippen LogP contribution in [-0.2, 0) is 20.0 Å². The molecule has 5 heteroatoms. The van der Waals surface area contributed by atoms with E-state index in [0.717, 1.165) is 22.7 Å². The summed E-state index contributed by atoms with van der Waals surface area (Å²) in [6.07, 6.45) is 14.4. The van der Waals surface area contributed by atoms with Gasteiger partial charge in [0.2, 0.25) is 0 Å². The minimum Gasteiger partial charge on any atom is -0.147 e. The predicted molar refractivity (Wildman–Crippen MR) is 127 cm³/mol. The van der Waals surface area contributed by atoms with Gasteiger partial charge in [-0.3, -0.25) is 0 Å². The quantitative estimate of drug-likeness (QED) is 0.324. The topological polar surface area (TPSA) is 26.3 Å². The fraction of sp³-hybridized carbons (Fsp3) is 0.320. The van der Waals surface area contributed by atoms with Crippen LogP contribution in [0, 0.1) is 24.0 Å². The van der Waals surface area contributed by atoms with Gasteiger partial charge < -0.3 is 8.83 Å². The smallest absolute Gasteiger partial charge is 0.147 e. The van der Waals surface area contributed by atoms with Crippen molar-refractivity contribution < 1.29 is 28.8 Å². The van der Waals surface area contributed by atoms with Crippen LogP contribution in [0.15, 0.2) is 68.9 Å². The van der Waals surface area contributed by atoms with Gasteiger partial charge in [-0.25, -0.2) is 0 Å². The molecule has 2 aliphatic carbocycles. The van der Waals surface area contributed by atoms with Gasteiger partial charge in [0.25, 0.3) is 0 Å². The molecule has 0 saturated heterocycles. The molecule has 0 spiro atoms. The third-order valence-electron chi connectivity index (χ3n) is 4.07. The molecule has 0 fully saturated rings. The number of furan rings is 2. The molecule has 2 unspecified atom stereocenters. The maximum Gasteiger partial charge on any atom is -0.147 e. The monoisotopic (exact) mass is 480 g/mol. The molecule has 0 N–H and O–H groups in total. The fourth-order valence-electron chi connectivity index (χ4n) is 3.06. The molecule has 2 aromatic rings. The third kappa shape index (κ3) is 8.82. The van der Waals surface area contributed by atoms with E-state index >= 15 is 0 Å². The van der Waals surface area contributed by atoms with Crippen molar-refractivity contribution in [3.8, 4) is 0 Å². The first-order valence-electron chi connectivity index (χ1n) is 9.52. The Balaban J connectivity index is 0.000000452. The molecule has 4 rings (SSSR count). The fourth-order valence-corrected chi connectivity index (χ4v) is 3.06. The third-order valence-corrected chi connectivity index (χ3v) is 4.07. The summed E-state index contributed by atoms with van der Waals surface area (Å²) in [7, 11) is 0. The SMILES string of the molecule is CC1=CC(C)[C-]=C1c1ccco1.CC1=CC(C)[C-]=C1c1ccco1.C[C](C)=[Ti+2].Cl.Cl. The van der Waals surface area contributed by atoms with Crippen molar-refractivity contribution in [1.29, 1.82) is 0 Å². The van der Waals surface area contributed by atoms with E-state index in [2.05, 4.69) is 85.8 Å². The van der Waals surface area contributed by atoms with E-state index in [1.807, 2.05) is 24.3 Å². The Hall–Kier alpha value is -1.32. The summed E-state index contributed by atoms with van der Waals surface area (Å²) in [6.45, 7) is 12.6.